The minimum absolute atomic E-state index is 0.0379. The summed E-state index contributed by atoms with van der Waals surface area (Å²) in [5.41, 5.74) is 6.52. The molecule has 4 nitrogen and oxygen atoms in total. The van der Waals surface area contributed by atoms with Crippen LogP contribution in [0.3, 0.4) is 0 Å². The molecule has 3 aromatic carbocycles. The Bertz CT molecular complexity index is 1140. The van der Waals surface area contributed by atoms with Crippen LogP contribution in [-0.2, 0) is 29.0 Å². The van der Waals surface area contributed by atoms with E-state index in [4.69, 9.17) is 0 Å². The summed E-state index contributed by atoms with van der Waals surface area (Å²) >= 11 is 0. The Kier molecular flexibility index (Phi) is 9.25. The van der Waals surface area contributed by atoms with Crippen LogP contribution in [0.1, 0.15) is 53.6 Å². The van der Waals surface area contributed by atoms with Crippen LogP contribution >= 0.6 is 0 Å². The molecule has 0 aliphatic rings. The van der Waals surface area contributed by atoms with Crippen molar-refractivity contribution >= 4 is 11.8 Å². The van der Waals surface area contributed by atoms with E-state index in [0.29, 0.717) is 13.0 Å². The van der Waals surface area contributed by atoms with Gasteiger partial charge in [-0.2, -0.15) is 0 Å². The molecule has 0 unspecified atom stereocenters. The Morgan fingerprint density at radius 2 is 1.51 bits per heavy atom. The van der Waals surface area contributed by atoms with Crippen molar-refractivity contribution < 1.29 is 9.59 Å². The molecule has 184 valence electrons. The zero-order chi connectivity index (χ0) is 25.4. The van der Waals surface area contributed by atoms with E-state index in [2.05, 4.69) is 31.3 Å². The van der Waals surface area contributed by atoms with Crippen molar-refractivity contribution in [3.05, 3.63) is 106 Å². The molecular weight excluding hydrogens is 432 g/mol. The van der Waals surface area contributed by atoms with Crippen LogP contribution in [0.25, 0.3) is 0 Å². The summed E-state index contributed by atoms with van der Waals surface area (Å²) in [5.74, 6) is -0.151. The number of benzene rings is 3. The summed E-state index contributed by atoms with van der Waals surface area (Å²) in [6, 6.07) is 23.6. The third-order valence-corrected chi connectivity index (χ3v) is 6.80. The summed E-state index contributed by atoms with van der Waals surface area (Å²) in [4.78, 5) is 29.2. The van der Waals surface area contributed by atoms with Crippen LogP contribution in [0.5, 0.6) is 0 Å². The highest BCUT2D eigenvalue weighted by atomic mass is 16.2. The van der Waals surface area contributed by atoms with E-state index < -0.39 is 6.04 Å². The van der Waals surface area contributed by atoms with Crippen molar-refractivity contribution in [2.75, 3.05) is 0 Å². The van der Waals surface area contributed by atoms with E-state index in [1.165, 1.54) is 5.56 Å². The van der Waals surface area contributed by atoms with Crippen molar-refractivity contribution in [3.8, 4) is 0 Å². The first-order valence-electron chi connectivity index (χ1n) is 12.5. The predicted octanol–water partition coefficient (Wildman–Crippen LogP) is 5.71. The van der Waals surface area contributed by atoms with E-state index in [0.717, 1.165) is 34.2 Å². The van der Waals surface area contributed by atoms with Crippen LogP contribution < -0.4 is 5.32 Å². The fourth-order valence-electron chi connectivity index (χ4n) is 4.16. The van der Waals surface area contributed by atoms with Gasteiger partial charge in [-0.15, -0.1) is 0 Å². The Labute approximate surface area is 210 Å². The lowest BCUT2D eigenvalue weighted by molar-refractivity contribution is -0.141. The molecule has 0 fully saturated rings. The van der Waals surface area contributed by atoms with Gasteiger partial charge in [-0.05, 0) is 67.5 Å². The molecule has 2 atom stereocenters. The van der Waals surface area contributed by atoms with Gasteiger partial charge in [0.1, 0.15) is 6.04 Å². The number of hydrogen-bond acceptors (Lipinski definition) is 2. The number of nitrogens with zero attached hydrogens (tertiary/aromatic N) is 1. The Morgan fingerprint density at radius 3 is 2.17 bits per heavy atom. The van der Waals surface area contributed by atoms with E-state index in [1.807, 2.05) is 81.4 Å². The molecule has 1 N–H and O–H groups in total. The van der Waals surface area contributed by atoms with Crippen molar-refractivity contribution in [2.45, 2.75) is 72.5 Å². The zero-order valence-electron chi connectivity index (χ0n) is 21.7. The number of nitrogens with one attached hydrogen (secondary N) is 1. The van der Waals surface area contributed by atoms with Gasteiger partial charge in [0.05, 0.1) is 6.42 Å². The first-order chi connectivity index (χ1) is 16.8. The van der Waals surface area contributed by atoms with E-state index in [9.17, 15) is 9.59 Å². The summed E-state index contributed by atoms with van der Waals surface area (Å²) < 4.78 is 0. The molecule has 0 aliphatic heterocycles. The number of hydrogen-bond donors (Lipinski definition) is 1. The molecule has 0 aromatic heterocycles. The molecule has 3 aromatic rings. The molecule has 0 aliphatic carbocycles. The van der Waals surface area contributed by atoms with Gasteiger partial charge in [-0.3, -0.25) is 9.59 Å². The number of amides is 2. The molecule has 0 saturated heterocycles. The average Bonchev–Trinajstić information content (AvgIpc) is 2.85. The quantitative estimate of drug-likeness (QED) is 0.413. The molecular formula is C31H38N2O2. The van der Waals surface area contributed by atoms with E-state index >= 15 is 0 Å². The van der Waals surface area contributed by atoms with Crippen molar-refractivity contribution in [3.63, 3.8) is 0 Å². The molecule has 3 rings (SSSR count). The molecule has 0 spiro atoms. The molecule has 0 radical (unpaired) electrons. The molecule has 2 amide bonds. The Hall–Kier alpha value is -3.40. The average molecular weight is 471 g/mol. The second-order valence-corrected chi connectivity index (χ2v) is 9.57. The normalized spacial score (nSPS) is 12.6. The van der Waals surface area contributed by atoms with Gasteiger partial charge >= 0.3 is 0 Å². The highest BCUT2D eigenvalue weighted by Gasteiger charge is 2.31. The smallest absolute Gasteiger partial charge is 0.243 e. The van der Waals surface area contributed by atoms with Crippen LogP contribution in [0.4, 0.5) is 0 Å². The lowest BCUT2D eigenvalue weighted by atomic mass is 9.99. The predicted molar refractivity (Wildman–Crippen MR) is 143 cm³/mol. The van der Waals surface area contributed by atoms with Crippen LogP contribution in [0.15, 0.2) is 72.8 Å². The highest BCUT2D eigenvalue weighted by molar-refractivity contribution is 5.89. The second-order valence-electron chi connectivity index (χ2n) is 9.57. The van der Waals surface area contributed by atoms with Gasteiger partial charge in [0.2, 0.25) is 11.8 Å². The summed E-state index contributed by atoms with van der Waals surface area (Å²) in [5, 5.41) is 3.13. The molecule has 0 bridgehead atoms. The SMILES string of the molecule is CC[C@@H](C)NC(=O)[C@@H](Cc1ccccc1)N(Cc1ccccc1C)C(=O)Cc1ccc(C)c(C)c1. The van der Waals surface area contributed by atoms with Crippen LogP contribution in [0.2, 0.25) is 0 Å². The number of carbonyl (C=O) groups excluding carboxylic acids is 2. The summed E-state index contributed by atoms with van der Waals surface area (Å²) in [6.45, 7) is 10.6. The van der Waals surface area contributed by atoms with Gasteiger partial charge in [0.15, 0.2) is 0 Å². The Balaban J connectivity index is 1.99. The zero-order valence-corrected chi connectivity index (χ0v) is 21.7. The third-order valence-electron chi connectivity index (χ3n) is 6.80. The maximum atomic E-state index is 13.9. The molecule has 35 heavy (non-hydrogen) atoms. The number of carbonyl (C=O) groups is 2. The highest BCUT2D eigenvalue weighted by Crippen LogP contribution is 2.19. The molecule has 4 heteroatoms. The first-order valence-corrected chi connectivity index (χ1v) is 12.5. The lowest BCUT2D eigenvalue weighted by Gasteiger charge is -2.33. The van der Waals surface area contributed by atoms with Crippen molar-refractivity contribution in [2.24, 2.45) is 0 Å². The maximum absolute atomic E-state index is 13.9. The van der Waals surface area contributed by atoms with Crippen molar-refractivity contribution in [1.29, 1.82) is 0 Å². The van der Waals surface area contributed by atoms with Gasteiger partial charge in [-0.1, -0.05) is 79.7 Å². The largest absolute Gasteiger partial charge is 0.352 e. The fourth-order valence-corrected chi connectivity index (χ4v) is 4.16. The Morgan fingerprint density at radius 1 is 0.829 bits per heavy atom. The lowest BCUT2D eigenvalue weighted by Crippen LogP contribution is -2.52. The van der Waals surface area contributed by atoms with Gasteiger partial charge in [0.25, 0.3) is 0 Å². The summed E-state index contributed by atoms with van der Waals surface area (Å²) in [6.07, 6.45) is 1.56. The fraction of sp³-hybridized carbons (Fsp3) is 0.355. The third kappa shape index (κ3) is 7.29. The minimum Gasteiger partial charge on any atom is -0.352 e. The van der Waals surface area contributed by atoms with E-state index in [-0.39, 0.29) is 24.3 Å². The first kappa shape index (κ1) is 26.2. The van der Waals surface area contributed by atoms with Crippen molar-refractivity contribution in [1.82, 2.24) is 10.2 Å². The van der Waals surface area contributed by atoms with Crippen LogP contribution in [-0.4, -0.2) is 28.8 Å². The molecule has 0 saturated carbocycles. The van der Waals surface area contributed by atoms with E-state index in [1.54, 1.807) is 4.90 Å². The maximum Gasteiger partial charge on any atom is 0.243 e. The van der Waals surface area contributed by atoms with Gasteiger partial charge in [0, 0.05) is 19.0 Å². The minimum atomic E-state index is -0.606. The topological polar surface area (TPSA) is 49.4 Å². The number of rotatable bonds is 10. The van der Waals surface area contributed by atoms with Gasteiger partial charge < -0.3 is 10.2 Å². The standard InChI is InChI=1S/C31H38N2O2/c1-6-25(5)32-31(35)29(19-26-13-8-7-9-14-26)33(21-28-15-11-10-12-23(28)3)30(34)20-27-17-16-22(2)24(4)18-27/h7-18,25,29H,6,19-21H2,1-5H3,(H,32,35)/t25-,29-/m1/s1. The van der Waals surface area contributed by atoms with Crippen LogP contribution in [0, 0.1) is 20.8 Å². The summed E-state index contributed by atoms with van der Waals surface area (Å²) in [7, 11) is 0. The second kappa shape index (κ2) is 12.3. The number of aryl methyl sites for hydroxylation is 3. The monoisotopic (exact) mass is 470 g/mol. The van der Waals surface area contributed by atoms with Gasteiger partial charge in [-0.25, -0.2) is 0 Å². The molecule has 0 heterocycles.